The SMILES string of the molecule is O=C1c2ccccc2C(=O)N1CCc1nnn(C[C@H](O)COc2ccc(Cl)cc2Cl)n1. The minimum absolute atomic E-state index is 0.0345. The Morgan fingerprint density at radius 1 is 1.06 bits per heavy atom. The number of carbonyl (C=O) groups is 2. The Bertz CT molecular complexity index is 1100. The van der Waals surface area contributed by atoms with Gasteiger partial charge in [0.05, 0.1) is 22.7 Å². The molecule has 1 aliphatic rings. The minimum atomic E-state index is -0.912. The lowest BCUT2D eigenvalue weighted by Gasteiger charge is -2.13. The molecule has 0 saturated heterocycles. The highest BCUT2D eigenvalue weighted by molar-refractivity contribution is 6.35. The van der Waals surface area contributed by atoms with E-state index in [9.17, 15) is 14.7 Å². The largest absolute Gasteiger partial charge is 0.489 e. The number of aliphatic hydroxyl groups excluding tert-OH is 1. The molecule has 2 heterocycles. The molecule has 9 nitrogen and oxygen atoms in total. The fourth-order valence-corrected chi connectivity index (χ4v) is 3.59. The van der Waals surface area contributed by atoms with E-state index in [2.05, 4.69) is 15.4 Å². The maximum Gasteiger partial charge on any atom is 0.261 e. The summed E-state index contributed by atoms with van der Waals surface area (Å²) in [5, 5.41) is 23.0. The topological polar surface area (TPSA) is 110 Å². The maximum absolute atomic E-state index is 12.4. The van der Waals surface area contributed by atoms with E-state index >= 15 is 0 Å². The number of rotatable bonds is 8. The van der Waals surface area contributed by atoms with Gasteiger partial charge in [-0.05, 0) is 35.5 Å². The number of hydrogen-bond acceptors (Lipinski definition) is 7. The molecular formula is C20H17Cl2N5O4. The smallest absolute Gasteiger partial charge is 0.261 e. The predicted molar refractivity (Wildman–Crippen MR) is 111 cm³/mol. The van der Waals surface area contributed by atoms with Crippen molar-refractivity contribution in [3.05, 3.63) is 69.5 Å². The molecule has 2 amide bonds. The van der Waals surface area contributed by atoms with Crippen molar-refractivity contribution in [2.75, 3.05) is 13.2 Å². The number of benzene rings is 2. The van der Waals surface area contributed by atoms with E-state index in [1.807, 2.05) is 0 Å². The summed E-state index contributed by atoms with van der Waals surface area (Å²) in [4.78, 5) is 27.2. The molecular weight excluding hydrogens is 445 g/mol. The normalized spacial score (nSPS) is 14.1. The number of tetrazole rings is 1. The van der Waals surface area contributed by atoms with Crippen LogP contribution in [-0.4, -0.2) is 61.3 Å². The molecule has 0 radical (unpaired) electrons. The number of aliphatic hydroxyl groups is 1. The van der Waals surface area contributed by atoms with Gasteiger partial charge in [-0.25, -0.2) is 0 Å². The van der Waals surface area contributed by atoms with Gasteiger partial charge < -0.3 is 9.84 Å². The molecule has 0 unspecified atom stereocenters. The fraction of sp³-hybridized carbons (Fsp3) is 0.250. The Kier molecular flexibility index (Phi) is 6.17. The molecule has 11 heteroatoms. The van der Waals surface area contributed by atoms with E-state index < -0.39 is 6.10 Å². The van der Waals surface area contributed by atoms with Crippen LogP contribution >= 0.6 is 23.2 Å². The van der Waals surface area contributed by atoms with E-state index in [4.69, 9.17) is 27.9 Å². The molecule has 1 atom stereocenters. The third-order valence-electron chi connectivity index (χ3n) is 4.63. The van der Waals surface area contributed by atoms with Gasteiger partial charge in [-0.15, -0.1) is 10.2 Å². The van der Waals surface area contributed by atoms with E-state index in [-0.39, 0.29) is 37.9 Å². The second-order valence-corrected chi connectivity index (χ2v) is 7.70. The molecule has 0 spiro atoms. The minimum Gasteiger partial charge on any atom is -0.489 e. The van der Waals surface area contributed by atoms with Gasteiger partial charge in [0.15, 0.2) is 5.82 Å². The summed E-state index contributed by atoms with van der Waals surface area (Å²) in [6.45, 7) is 0.150. The zero-order chi connectivity index (χ0) is 22.0. The van der Waals surface area contributed by atoms with Crippen molar-refractivity contribution >= 4 is 35.0 Å². The fourth-order valence-electron chi connectivity index (χ4n) is 3.13. The van der Waals surface area contributed by atoms with Crippen molar-refractivity contribution in [2.45, 2.75) is 19.1 Å². The summed E-state index contributed by atoms with van der Waals surface area (Å²) in [5.41, 5.74) is 0.793. The third-order valence-corrected chi connectivity index (χ3v) is 5.16. The lowest BCUT2D eigenvalue weighted by Crippen LogP contribution is -2.32. The summed E-state index contributed by atoms with van der Waals surface area (Å²) in [7, 11) is 0. The number of nitrogens with zero attached hydrogens (tertiary/aromatic N) is 5. The number of amides is 2. The molecule has 2 aromatic carbocycles. The van der Waals surface area contributed by atoms with Crippen molar-refractivity contribution in [1.82, 2.24) is 25.1 Å². The van der Waals surface area contributed by atoms with E-state index in [0.717, 1.165) is 0 Å². The van der Waals surface area contributed by atoms with Crippen molar-refractivity contribution in [2.24, 2.45) is 0 Å². The first-order chi connectivity index (χ1) is 14.9. The number of fused-ring (bicyclic) bond motifs is 1. The monoisotopic (exact) mass is 461 g/mol. The highest BCUT2D eigenvalue weighted by Crippen LogP contribution is 2.27. The number of imide groups is 1. The van der Waals surface area contributed by atoms with E-state index in [1.165, 1.54) is 9.70 Å². The summed E-state index contributed by atoms with van der Waals surface area (Å²) in [5.74, 6) is 0.0894. The van der Waals surface area contributed by atoms with Crippen LogP contribution < -0.4 is 4.74 Å². The van der Waals surface area contributed by atoms with Gasteiger partial charge in [0.1, 0.15) is 18.5 Å². The molecule has 160 valence electrons. The van der Waals surface area contributed by atoms with E-state index in [1.54, 1.807) is 42.5 Å². The van der Waals surface area contributed by atoms with Gasteiger partial charge in [0, 0.05) is 18.0 Å². The number of carbonyl (C=O) groups excluding carboxylic acids is 2. The second-order valence-electron chi connectivity index (χ2n) is 6.86. The molecule has 0 fully saturated rings. The first kappa shape index (κ1) is 21.2. The van der Waals surface area contributed by atoms with Gasteiger partial charge in [-0.1, -0.05) is 35.3 Å². The van der Waals surface area contributed by atoms with Crippen LogP contribution in [0.5, 0.6) is 5.75 Å². The summed E-state index contributed by atoms with van der Waals surface area (Å²) in [6.07, 6.45) is -0.664. The molecule has 1 aliphatic heterocycles. The average molecular weight is 462 g/mol. The molecule has 4 rings (SSSR count). The Labute approximate surface area is 187 Å². The van der Waals surface area contributed by atoms with Gasteiger partial charge in [0.2, 0.25) is 0 Å². The van der Waals surface area contributed by atoms with Crippen molar-refractivity contribution in [1.29, 1.82) is 0 Å². The predicted octanol–water partition coefficient (Wildman–Crippen LogP) is 2.26. The summed E-state index contributed by atoms with van der Waals surface area (Å²) in [6, 6.07) is 11.5. The first-order valence-corrected chi connectivity index (χ1v) is 10.2. The molecule has 1 aromatic heterocycles. The maximum atomic E-state index is 12.4. The Morgan fingerprint density at radius 2 is 1.77 bits per heavy atom. The molecule has 31 heavy (non-hydrogen) atoms. The zero-order valence-corrected chi connectivity index (χ0v) is 17.6. The van der Waals surface area contributed by atoms with Crippen LogP contribution in [0, 0.1) is 0 Å². The summed E-state index contributed by atoms with van der Waals surface area (Å²) >= 11 is 11.9. The van der Waals surface area contributed by atoms with Gasteiger partial charge in [-0.3, -0.25) is 14.5 Å². The van der Waals surface area contributed by atoms with Crippen LogP contribution in [0.3, 0.4) is 0 Å². The molecule has 0 saturated carbocycles. The van der Waals surface area contributed by atoms with Crippen molar-refractivity contribution in [3.63, 3.8) is 0 Å². The number of hydrogen-bond donors (Lipinski definition) is 1. The zero-order valence-electron chi connectivity index (χ0n) is 16.1. The van der Waals surface area contributed by atoms with Crippen LogP contribution in [0.2, 0.25) is 10.0 Å². The average Bonchev–Trinajstić information content (AvgIpc) is 3.29. The molecule has 3 aromatic rings. The van der Waals surface area contributed by atoms with Crippen LogP contribution in [0.1, 0.15) is 26.5 Å². The summed E-state index contributed by atoms with van der Waals surface area (Å²) < 4.78 is 5.49. The number of ether oxygens (including phenoxy) is 1. The Morgan fingerprint density at radius 3 is 2.45 bits per heavy atom. The number of halogens is 2. The third kappa shape index (κ3) is 4.68. The standard InChI is InChI=1S/C20H17Cl2N5O4/c21-12-5-6-17(16(22)9-12)31-11-13(28)10-27-24-18(23-25-27)7-8-26-19(29)14-3-1-2-4-15(14)20(26)30/h1-6,9,13,28H,7-8,10-11H2/t13-/m0/s1. The first-order valence-electron chi connectivity index (χ1n) is 9.40. The van der Waals surface area contributed by atoms with Gasteiger partial charge >= 0.3 is 0 Å². The van der Waals surface area contributed by atoms with Crippen LogP contribution in [0.4, 0.5) is 0 Å². The van der Waals surface area contributed by atoms with Gasteiger partial charge in [-0.2, -0.15) is 4.80 Å². The van der Waals surface area contributed by atoms with Crippen molar-refractivity contribution in [3.8, 4) is 5.75 Å². The highest BCUT2D eigenvalue weighted by atomic mass is 35.5. The van der Waals surface area contributed by atoms with Crippen molar-refractivity contribution < 1.29 is 19.4 Å². The second kappa shape index (κ2) is 9.01. The molecule has 0 aliphatic carbocycles. The Balaban J connectivity index is 1.29. The van der Waals surface area contributed by atoms with E-state index in [0.29, 0.717) is 32.7 Å². The lowest BCUT2D eigenvalue weighted by atomic mass is 10.1. The highest BCUT2D eigenvalue weighted by Gasteiger charge is 2.34. The number of aromatic nitrogens is 4. The lowest BCUT2D eigenvalue weighted by molar-refractivity contribution is 0.0655. The van der Waals surface area contributed by atoms with Crippen LogP contribution in [-0.2, 0) is 13.0 Å². The van der Waals surface area contributed by atoms with Crippen LogP contribution in [0.15, 0.2) is 42.5 Å². The molecule has 0 bridgehead atoms. The quantitative estimate of drug-likeness (QED) is 0.512. The van der Waals surface area contributed by atoms with Gasteiger partial charge in [0.25, 0.3) is 11.8 Å². The van der Waals surface area contributed by atoms with Crippen LogP contribution in [0.25, 0.3) is 0 Å². The molecule has 1 N–H and O–H groups in total. The Hall–Kier alpha value is -3.01.